The number of anilines is 1. The Morgan fingerprint density at radius 1 is 1.14 bits per heavy atom. The molecule has 1 aromatic heterocycles. The number of methoxy groups -OCH3 is 2. The van der Waals surface area contributed by atoms with Crippen LogP contribution in [0.2, 0.25) is 5.02 Å². The lowest BCUT2D eigenvalue weighted by molar-refractivity contribution is -0.115. The molecule has 2 aromatic carbocycles. The lowest BCUT2D eigenvalue weighted by Crippen LogP contribution is -2.17. The fourth-order valence-electron chi connectivity index (χ4n) is 3.24. The van der Waals surface area contributed by atoms with E-state index in [0.29, 0.717) is 27.8 Å². The van der Waals surface area contributed by atoms with Crippen molar-refractivity contribution < 1.29 is 24.2 Å². The van der Waals surface area contributed by atoms with Crippen molar-refractivity contribution in [1.82, 2.24) is 4.57 Å². The number of carbonyl (C=O) groups is 2. The summed E-state index contributed by atoms with van der Waals surface area (Å²) in [6.07, 6.45) is -0.115. The van der Waals surface area contributed by atoms with Crippen LogP contribution in [0.3, 0.4) is 0 Å². The molecule has 0 saturated heterocycles. The van der Waals surface area contributed by atoms with E-state index in [-0.39, 0.29) is 12.1 Å². The zero-order valence-corrected chi connectivity index (χ0v) is 16.3. The Bertz CT molecular complexity index is 1070. The van der Waals surface area contributed by atoms with Crippen LogP contribution in [0.25, 0.3) is 10.9 Å². The van der Waals surface area contributed by atoms with Crippen LogP contribution in [0.1, 0.15) is 16.1 Å². The van der Waals surface area contributed by atoms with Crippen LogP contribution >= 0.6 is 11.6 Å². The molecule has 146 valence electrons. The largest absolute Gasteiger partial charge is 0.495 e. The number of nitrogens with zero attached hydrogens (tertiary/aromatic N) is 1. The predicted molar refractivity (Wildman–Crippen MR) is 107 cm³/mol. The highest BCUT2D eigenvalue weighted by molar-refractivity contribution is 6.32. The minimum atomic E-state index is -1.09. The molecule has 0 unspecified atom stereocenters. The standard InChI is InChI=1S/C20H19ClN2O5/c1-23-15-7-5-4-6-11(15)12(19(23)20(25)26)8-18(24)22-14-9-13(21)16(27-2)10-17(14)28-3/h4-7,9-10H,8H2,1-3H3,(H,22,24)(H,25,26). The maximum absolute atomic E-state index is 12.7. The lowest BCUT2D eigenvalue weighted by atomic mass is 10.1. The van der Waals surface area contributed by atoms with Crippen molar-refractivity contribution in [2.24, 2.45) is 7.05 Å². The maximum Gasteiger partial charge on any atom is 0.352 e. The number of carbonyl (C=O) groups excluding carboxylic acids is 1. The first-order valence-corrected chi connectivity index (χ1v) is 8.76. The molecule has 1 amide bonds. The first kappa shape index (κ1) is 19.6. The zero-order chi connectivity index (χ0) is 20.4. The number of benzene rings is 2. The SMILES string of the molecule is COc1cc(OC)c(NC(=O)Cc2c(C(=O)O)n(C)c3ccccc23)cc1Cl. The zero-order valence-electron chi connectivity index (χ0n) is 15.6. The fraction of sp³-hybridized carbons (Fsp3) is 0.200. The second-order valence-electron chi connectivity index (χ2n) is 6.12. The number of amides is 1. The molecular formula is C20H19ClN2O5. The van der Waals surface area contributed by atoms with Crippen LogP contribution in [-0.2, 0) is 18.3 Å². The Kier molecular flexibility index (Phi) is 5.46. The molecule has 28 heavy (non-hydrogen) atoms. The van der Waals surface area contributed by atoms with Gasteiger partial charge in [0.1, 0.15) is 17.2 Å². The molecule has 0 aliphatic rings. The molecule has 0 saturated carbocycles. The highest BCUT2D eigenvalue weighted by atomic mass is 35.5. The van der Waals surface area contributed by atoms with Crippen LogP contribution in [0.15, 0.2) is 36.4 Å². The average molecular weight is 403 g/mol. The Morgan fingerprint density at radius 2 is 1.82 bits per heavy atom. The van der Waals surface area contributed by atoms with Crippen LogP contribution in [-0.4, -0.2) is 35.8 Å². The fourth-order valence-corrected chi connectivity index (χ4v) is 3.48. The summed E-state index contributed by atoms with van der Waals surface area (Å²) in [5.74, 6) is -0.685. The topological polar surface area (TPSA) is 89.8 Å². The number of rotatable bonds is 6. The van der Waals surface area contributed by atoms with E-state index in [9.17, 15) is 14.7 Å². The average Bonchev–Trinajstić information content (AvgIpc) is 2.94. The number of hydrogen-bond acceptors (Lipinski definition) is 4. The predicted octanol–water partition coefficient (Wildman–Crippen LogP) is 3.73. The first-order chi connectivity index (χ1) is 13.4. The number of carboxylic acids is 1. The van der Waals surface area contributed by atoms with Crippen molar-refractivity contribution in [1.29, 1.82) is 0 Å². The number of aryl methyl sites for hydroxylation is 1. The second-order valence-corrected chi connectivity index (χ2v) is 6.53. The third-order valence-electron chi connectivity index (χ3n) is 4.50. The summed E-state index contributed by atoms with van der Waals surface area (Å²) in [5, 5.41) is 13.4. The third kappa shape index (κ3) is 3.48. The van der Waals surface area contributed by atoms with E-state index in [1.54, 1.807) is 23.7 Å². The highest BCUT2D eigenvalue weighted by Crippen LogP contribution is 2.36. The van der Waals surface area contributed by atoms with Gasteiger partial charge >= 0.3 is 5.97 Å². The van der Waals surface area contributed by atoms with Gasteiger partial charge in [0.15, 0.2) is 0 Å². The number of fused-ring (bicyclic) bond motifs is 1. The number of halogens is 1. The molecule has 1 heterocycles. The Hall–Kier alpha value is -3.19. The minimum absolute atomic E-state index is 0.0797. The van der Waals surface area contributed by atoms with Gasteiger partial charge < -0.3 is 24.5 Å². The monoisotopic (exact) mass is 402 g/mol. The van der Waals surface area contributed by atoms with E-state index in [2.05, 4.69) is 5.32 Å². The molecule has 0 atom stereocenters. The van der Waals surface area contributed by atoms with Gasteiger partial charge in [0.25, 0.3) is 0 Å². The van der Waals surface area contributed by atoms with Gasteiger partial charge in [-0.3, -0.25) is 4.79 Å². The number of nitrogens with one attached hydrogen (secondary N) is 1. The first-order valence-electron chi connectivity index (χ1n) is 8.38. The summed E-state index contributed by atoms with van der Waals surface area (Å²) >= 11 is 6.14. The lowest BCUT2D eigenvalue weighted by Gasteiger charge is -2.13. The van der Waals surface area contributed by atoms with Crippen LogP contribution in [0, 0.1) is 0 Å². The second kappa shape index (κ2) is 7.82. The van der Waals surface area contributed by atoms with Gasteiger partial charge in [-0.15, -0.1) is 0 Å². The number of ether oxygens (including phenoxy) is 2. The summed E-state index contributed by atoms with van der Waals surface area (Å²) in [5.41, 5.74) is 1.64. The van der Waals surface area contributed by atoms with E-state index in [1.807, 2.05) is 18.2 Å². The normalized spacial score (nSPS) is 10.7. The summed E-state index contributed by atoms with van der Waals surface area (Å²) in [6.45, 7) is 0. The van der Waals surface area contributed by atoms with Gasteiger partial charge in [0, 0.05) is 29.6 Å². The maximum atomic E-state index is 12.7. The molecular weight excluding hydrogens is 384 g/mol. The van der Waals surface area contributed by atoms with Crippen molar-refractivity contribution >= 4 is 40.1 Å². The van der Waals surface area contributed by atoms with Crippen molar-refractivity contribution in [2.45, 2.75) is 6.42 Å². The quantitative estimate of drug-likeness (QED) is 0.655. The van der Waals surface area contributed by atoms with Gasteiger partial charge in [-0.25, -0.2) is 4.79 Å². The number of aromatic nitrogens is 1. The molecule has 0 bridgehead atoms. The van der Waals surface area contributed by atoms with Crippen molar-refractivity contribution in [3.05, 3.63) is 52.7 Å². The van der Waals surface area contributed by atoms with E-state index in [0.717, 1.165) is 10.9 Å². The smallest absolute Gasteiger partial charge is 0.352 e. The van der Waals surface area contributed by atoms with Crippen molar-refractivity contribution in [2.75, 3.05) is 19.5 Å². The molecule has 7 nitrogen and oxygen atoms in total. The van der Waals surface area contributed by atoms with Crippen LogP contribution in [0.4, 0.5) is 5.69 Å². The Balaban J connectivity index is 1.96. The summed E-state index contributed by atoms with van der Waals surface area (Å²) in [4.78, 5) is 24.5. The van der Waals surface area contributed by atoms with Crippen LogP contribution < -0.4 is 14.8 Å². The molecule has 0 radical (unpaired) electrons. The van der Waals surface area contributed by atoms with Gasteiger partial charge in [0.2, 0.25) is 5.91 Å². The van der Waals surface area contributed by atoms with Crippen molar-refractivity contribution in [3.8, 4) is 11.5 Å². The number of hydrogen-bond donors (Lipinski definition) is 2. The Morgan fingerprint density at radius 3 is 2.46 bits per heavy atom. The summed E-state index contributed by atoms with van der Waals surface area (Å²) < 4.78 is 12.0. The van der Waals surface area contributed by atoms with E-state index in [1.165, 1.54) is 20.3 Å². The molecule has 3 aromatic rings. The minimum Gasteiger partial charge on any atom is -0.495 e. The summed E-state index contributed by atoms with van der Waals surface area (Å²) in [6, 6.07) is 10.3. The van der Waals surface area contributed by atoms with Gasteiger partial charge in [-0.1, -0.05) is 29.8 Å². The third-order valence-corrected chi connectivity index (χ3v) is 4.80. The highest BCUT2D eigenvalue weighted by Gasteiger charge is 2.23. The number of carboxylic acid groups (broad SMARTS) is 1. The molecule has 8 heteroatoms. The van der Waals surface area contributed by atoms with Gasteiger partial charge in [-0.2, -0.15) is 0 Å². The van der Waals surface area contributed by atoms with Gasteiger partial charge in [-0.05, 0) is 12.1 Å². The molecule has 0 aliphatic carbocycles. The number of para-hydroxylation sites is 1. The Labute approximate surface area is 166 Å². The van der Waals surface area contributed by atoms with Crippen molar-refractivity contribution in [3.63, 3.8) is 0 Å². The molecule has 0 aliphatic heterocycles. The van der Waals surface area contributed by atoms with Crippen LogP contribution in [0.5, 0.6) is 11.5 Å². The molecule has 2 N–H and O–H groups in total. The van der Waals surface area contributed by atoms with E-state index < -0.39 is 11.9 Å². The van der Waals surface area contributed by atoms with Gasteiger partial charge in [0.05, 0.1) is 31.4 Å². The summed E-state index contributed by atoms with van der Waals surface area (Å²) in [7, 11) is 4.61. The van der Waals surface area contributed by atoms with E-state index >= 15 is 0 Å². The molecule has 0 spiro atoms. The molecule has 3 rings (SSSR count). The number of aromatic carboxylic acids is 1. The van der Waals surface area contributed by atoms with E-state index in [4.69, 9.17) is 21.1 Å². The molecule has 0 fully saturated rings.